The molecule has 1 amide bonds. The number of carboxylic acids is 1. The molecule has 1 saturated heterocycles. The van der Waals surface area contributed by atoms with Crippen molar-refractivity contribution < 1.29 is 23.8 Å². The molecule has 0 unspecified atom stereocenters. The molecule has 1 fully saturated rings. The highest BCUT2D eigenvalue weighted by molar-refractivity contribution is 5.92. The number of hydrogen-bond donors (Lipinski definition) is 1. The SMILES string of the molecule is O=C(c1ccncn1)N1CCC(Oc2ccccc2F)(C(=O)O)CC1. The van der Waals surface area contributed by atoms with Crippen molar-refractivity contribution in [1.82, 2.24) is 14.9 Å². The number of benzene rings is 1. The number of likely N-dealkylation sites (tertiary alicyclic amines) is 1. The minimum absolute atomic E-state index is 0.0491. The molecule has 0 atom stereocenters. The molecule has 3 rings (SSSR count). The molecule has 2 heterocycles. The van der Waals surface area contributed by atoms with Crippen LogP contribution in [0.5, 0.6) is 5.75 Å². The average Bonchev–Trinajstić information content (AvgIpc) is 2.64. The molecule has 1 N–H and O–H groups in total. The standard InChI is InChI=1S/C17H16FN3O4/c18-12-3-1-2-4-14(12)25-17(16(23)24)6-9-21(10-7-17)15(22)13-5-8-19-11-20-13/h1-5,8,11H,6-7,9-10H2,(H,23,24). The smallest absolute Gasteiger partial charge is 0.348 e. The summed E-state index contributed by atoms with van der Waals surface area (Å²) in [5.41, 5.74) is -1.32. The number of carboxylic acid groups (broad SMARTS) is 1. The molecule has 0 saturated carbocycles. The second-order valence-electron chi connectivity index (χ2n) is 5.72. The van der Waals surface area contributed by atoms with Gasteiger partial charge in [-0.15, -0.1) is 0 Å². The summed E-state index contributed by atoms with van der Waals surface area (Å²) < 4.78 is 19.3. The van der Waals surface area contributed by atoms with Crippen molar-refractivity contribution in [2.45, 2.75) is 18.4 Å². The van der Waals surface area contributed by atoms with Gasteiger partial charge >= 0.3 is 5.97 Å². The molecule has 0 aliphatic carbocycles. The van der Waals surface area contributed by atoms with E-state index < -0.39 is 17.4 Å². The molecule has 1 aliphatic heterocycles. The highest BCUT2D eigenvalue weighted by Crippen LogP contribution is 2.31. The summed E-state index contributed by atoms with van der Waals surface area (Å²) >= 11 is 0. The number of carbonyl (C=O) groups excluding carboxylic acids is 1. The van der Waals surface area contributed by atoms with Gasteiger partial charge in [-0.25, -0.2) is 19.2 Å². The van der Waals surface area contributed by atoms with Crippen molar-refractivity contribution in [2.24, 2.45) is 0 Å². The third-order valence-corrected chi connectivity index (χ3v) is 4.19. The highest BCUT2D eigenvalue weighted by atomic mass is 19.1. The third-order valence-electron chi connectivity index (χ3n) is 4.19. The largest absolute Gasteiger partial charge is 0.478 e. The van der Waals surface area contributed by atoms with Gasteiger partial charge in [0.2, 0.25) is 5.60 Å². The van der Waals surface area contributed by atoms with E-state index in [-0.39, 0.29) is 43.3 Å². The van der Waals surface area contributed by atoms with E-state index in [0.717, 1.165) is 0 Å². The monoisotopic (exact) mass is 345 g/mol. The first-order valence-corrected chi connectivity index (χ1v) is 7.74. The predicted molar refractivity (Wildman–Crippen MR) is 84.6 cm³/mol. The van der Waals surface area contributed by atoms with E-state index in [2.05, 4.69) is 9.97 Å². The molecule has 1 aromatic carbocycles. The Hall–Kier alpha value is -3.03. The van der Waals surface area contributed by atoms with Gasteiger partial charge < -0.3 is 14.7 Å². The van der Waals surface area contributed by atoms with Crippen molar-refractivity contribution in [3.05, 3.63) is 54.4 Å². The van der Waals surface area contributed by atoms with Gasteiger partial charge in [-0.3, -0.25) is 4.79 Å². The zero-order valence-corrected chi connectivity index (χ0v) is 13.3. The minimum atomic E-state index is -1.56. The number of ether oxygens (including phenoxy) is 1. The predicted octanol–water partition coefficient (Wildman–Crippen LogP) is 1.75. The Balaban J connectivity index is 1.74. The Kier molecular flexibility index (Phi) is 4.60. The summed E-state index contributed by atoms with van der Waals surface area (Å²) in [7, 11) is 0. The summed E-state index contributed by atoms with van der Waals surface area (Å²) in [5, 5.41) is 9.61. The van der Waals surface area contributed by atoms with Crippen LogP contribution in [0, 0.1) is 5.82 Å². The van der Waals surface area contributed by atoms with Crippen LogP contribution in [0.25, 0.3) is 0 Å². The molecule has 1 aliphatic rings. The maximum absolute atomic E-state index is 13.8. The van der Waals surface area contributed by atoms with Crippen LogP contribution in [0.1, 0.15) is 23.3 Å². The Morgan fingerprint density at radius 3 is 2.52 bits per heavy atom. The Labute approximate surface area is 143 Å². The number of halogens is 1. The highest BCUT2D eigenvalue weighted by Gasteiger charge is 2.45. The fourth-order valence-corrected chi connectivity index (χ4v) is 2.75. The number of piperidine rings is 1. The topological polar surface area (TPSA) is 92.6 Å². The van der Waals surface area contributed by atoms with E-state index in [1.54, 1.807) is 6.07 Å². The number of amides is 1. The number of aliphatic carboxylic acids is 1. The van der Waals surface area contributed by atoms with E-state index in [4.69, 9.17) is 4.74 Å². The quantitative estimate of drug-likeness (QED) is 0.908. The van der Waals surface area contributed by atoms with Crippen LogP contribution in [0.2, 0.25) is 0 Å². The number of carbonyl (C=O) groups is 2. The van der Waals surface area contributed by atoms with Crippen LogP contribution in [-0.2, 0) is 4.79 Å². The van der Waals surface area contributed by atoms with E-state index in [1.807, 2.05) is 0 Å². The maximum Gasteiger partial charge on any atom is 0.348 e. The maximum atomic E-state index is 13.8. The van der Waals surface area contributed by atoms with Crippen molar-refractivity contribution in [3.8, 4) is 5.75 Å². The second kappa shape index (κ2) is 6.84. The van der Waals surface area contributed by atoms with Crippen LogP contribution >= 0.6 is 0 Å². The van der Waals surface area contributed by atoms with Crippen molar-refractivity contribution in [2.75, 3.05) is 13.1 Å². The van der Waals surface area contributed by atoms with Gasteiger partial charge in [-0.2, -0.15) is 0 Å². The van der Waals surface area contributed by atoms with Gasteiger partial charge in [-0.1, -0.05) is 12.1 Å². The van der Waals surface area contributed by atoms with E-state index in [0.29, 0.717) is 0 Å². The number of nitrogens with zero attached hydrogens (tertiary/aromatic N) is 3. The molecule has 1 aromatic heterocycles. The second-order valence-corrected chi connectivity index (χ2v) is 5.72. The van der Waals surface area contributed by atoms with Crippen LogP contribution in [0.4, 0.5) is 4.39 Å². The van der Waals surface area contributed by atoms with E-state index in [1.165, 1.54) is 41.7 Å². The molecule has 0 spiro atoms. The summed E-state index contributed by atoms with van der Waals surface area (Å²) in [6.07, 6.45) is 2.84. The van der Waals surface area contributed by atoms with Gasteiger partial charge in [-0.05, 0) is 18.2 Å². The lowest BCUT2D eigenvalue weighted by Crippen LogP contribution is -2.54. The Bertz CT molecular complexity index is 776. The number of hydrogen-bond acceptors (Lipinski definition) is 5. The van der Waals surface area contributed by atoms with Crippen LogP contribution < -0.4 is 4.74 Å². The number of rotatable bonds is 4. The summed E-state index contributed by atoms with van der Waals surface area (Å²) in [6.45, 7) is 0.340. The van der Waals surface area contributed by atoms with Crippen molar-refractivity contribution in [1.29, 1.82) is 0 Å². The lowest BCUT2D eigenvalue weighted by molar-refractivity contribution is -0.159. The minimum Gasteiger partial charge on any atom is -0.478 e. The summed E-state index contributed by atoms with van der Waals surface area (Å²) in [6, 6.07) is 7.16. The summed E-state index contributed by atoms with van der Waals surface area (Å²) in [5.74, 6) is -2.21. The molecular formula is C17H16FN3O4. The first kappa shape index (κ1) is 16.8. The third kappa shape index (κ3) is 3.42. The zero-order chi connectivity index (χ0) is 17.9. The normalized spacial score (nSPS) is 16.3. The lowest BCUT2D eigenvalue weighted by Gasteiger charge is -2.38. The fourth-order valence-electron chi connectivity index (χ4n) is 2.75. The first-order chi connectivity index (χ1) is 12.0. The van der Waals surface area contributed by atoms with Crippen LogP contribution in [-0.4, -0.2) is 50.5 Å². The van der Waals surface area contributed by atoms with Gasteiger partial charge in [0.15, 0.2) is 11.6 Å². The molecule has 130 valence electrons. The molecule has 0 bridgehead atoms. The average molecular weight is 345 g/mol. The lowest BCUT2D eigenvalue weighted by atomic mass is 9.90. The Morgan fingerprint density at radius 1 is 1.20 bits per heavy atom. The van der Waals surface area contributed by atoms with Crippen LogP contribution in [0.15, 0.2) is 42.9 Å². The number of para-hydroxylation sites is 1. The van der Waals surface area contributed by atoms with Crippen molar-refractivity contribution >= 4 is 11.9 Å². The summed E-state index contributed by atoms with van der Waals surface area (Å²) in [4.78, 5) is 33.3. The molecular weight excluding hydrogens is 329 g/mol. The van der Waals surface area contributed by atoms with Gasteiger partial charge in [0.05, 0.1) is 0 Å². The molecule has 0 radical (unpaired) electrons. The van der Waals surface area contributed by atoms with Gasteiger partial charge in [0.25, 0.3) is 5.91 Å². The van der Waals surface area contributed by atoms with Crippen LogP contribution in [0.3, 0.4) is 0 Å². The first-order valence-electron chi connectivity index (χ1n) is 7.74. The molecule has 8 heteroatoms. The zero-order valence-electron chi connectivity index (χ0n) is 13.3. The number of aromatic nitrogens is 2. The molecule has 25 heavy (non-hydrogen) atoms. The molecule has 2 aromatic rings. The Morgan fingerprint density at radius 2 is 1.92 bits per heavy atom. The van der Waals surface area contributed by atoms with E-state index >= 15 is 0 Å². The van der Waals surface area contributed by atoms with Gasteiger partial charge in [0.1, 0.15) is 12.0 Å². The van der Waals surface area contributed by atoms with Gasteiger partial charge in [0, 0.05) is 32.1 Å². The fraction of sp³-hybridized carbons (Fsp3) is 0.294. The van der Waals surface area contributed by atoms with Crippen molar-refractivity contribution in [3.63, 3.8) is 0 Å². The van der Waals surface area contributed by atoms with E-state index in [9.17, 15) is 19.1 Å². The molecule has 7 nitrogen and oxygen atoms in total.